The molecule has 2 rings (SSSR count). The van der Waals surface area contributed by atoms with Gasteiger partial charge in [0.2, 0.25) is 7.98 Å². The lowest BCUT2D eigenvalue weighted by molar-refractivity contribution is 1.32. The van der Waals surface area contributed by atoms with E-state index < -0.39 is 0 Å². The number of aromatic nitrogens is 1. The van der Waals surface area contributed by atoms with Crippen molar-refractivity contribution >= 4 is 18.9 Å². The summed E-state index contributed by atoms with van der Waals surface area (Å²) in [6.07, 6.45) is 2.09. The molecule has 0 aliphatic heterocycles. The molecule has 0 spiro atoms. The minimum atomic E-state index is 1.30. The first-order chi connectivity index (χ1) is 5.27. The average molecular weight is 143 g/mol. The molecule has 1 heterocycles. The van der Waals surface area contributed by atoms with Crippen molar-refractivity contribution in [3.05, 3.63) is 36.0 Å². The van der Waals surface area contributed by atoms with E-state index >= 15 is 0 Å². The first-order valence-electron chi connectivity index (χ1n) is 3.79. The van der Waals surface area contributed by atoms with Gasteiger partial charge in [-0.05, 0) is 36.7 Å². The van der Waals surface area contributed by atoms with Crippen molar-refractivity contribution < 1.29 is 0 Å². The van der Waals surface area contributed by atoms with Gasteiger partial charge in [-0.1, -0.05) is 11.6 Å². The van der Waals surface area contributed by atoms with Crippen molar-refractivity contribution in [2.24, 2.45) is 0 Å². The fourth-order valence-corrected chi connectivity index (χ4v) is 1.40. The Bertz CT molecular complexity index is 389. The van der Waals surface area contributed by atoms with Crippen LogP contribution in [0.2, 0.25) is 0 Å². The fourth-order valence-electron chi connectivity index (χ4n) is 1.40. The molecule has 0 N–H and O–H groups in total. The SMILES string of the molecule is Bn1ccc2cc(C)ccc21. The fraction of sp³-hybridized carbons (Fsp3) is 0.111. The summed E-state index contributed by atoms with van der Waals surface area (Å²) >= 11 is 0. The number of aryl methyl sites for hydroxylation is 1. The molecule has 0 aliphatic rings. The maximum atomic E-state index is 2.20. The van der Waals surface area contributed by atoms with Gasteiger partial charge in [-0.15, -0.1) is 0 Å². The highest BCUT2D eigenvalue weighted by Crippen LogP contribution is 2.15. The van der Waals surface area contributed by atoms with E-state index in [9.17, 15) is 0 Å². The van der Waals surface area contributed by atoms with Gasteiger partial charge >= 0.3 is 0 Å². The van der Waals surface area contributed by atoms with E-state index in [2.05, 4.69) is 49.8 Å². The van der Waals surface area contributed by atoms with Gasteiger partial charge in [-0.2, -0.15) is 0 Å². The molecule has 0 unspecified atom stereocenters. The molecule has 11 heavy (non-hydrogen) atoms. The van der Waals surface area contributed by atoms with Crippen LogP contribution >= 0.6 is 0 Å². The van der Waals surface area contributed by atoms with Crippen LogP contribution in [-0.2, 0) is 0 Å². The Morgan fingerprint density at radius 1 is 1.27 bits per heavy atom. The molecule has 2 aromatic rings. The Morgan fingerprint density at radius 2 is 2.09 bits per heavy atom. The number of rotatable bonds is 0. The summed E-state index contributed by atoms with van der Waals surface area (Å²) in [7, 11) is 2.07. The average Bonchev–Trinajstić information content (AvgIpc) is 2.32. The second-order valence-electron chi connectivity index (χ2n) is 2.99. The normalized spacial score (nSPS) is 10.6. The molecule has 1 nitrogen and oxygen atoms in total. The van der Waals surface area contributed by atoms with Crippen LogP contribution in [0.5, 0.6) is 0 Å². The van der Waals surface area contributed by atoms with Crippen molar-refractivity contribution in [3.8, 4) is 0 Å². The summed E-state index contributed by atoms with van der Waals surface area (Å²) in [5.41, 5.74) is 2.62. The maximum Gasteiger partial charge on any atom is 0.223 e. The zero-order valence-corrected chi connectivity index (χ0v) is 6.83. The monoisotopic (exact) mass is 143 g/mol. The number of benzene rings is 1. The molecule has 0 amide bonds. The van der Waals surface area contributed by atoms with Crippen molar-refractivity contribution in [1.29, 1.82) is 0 Å². The minimum Gasteiger partial charge on any atom is -0.399 e. The van der Waals surface area contributed by atoms with Crippen LogP contribution in [0.25, 0.3) is 10.9 Å². The van der Waals surface area contributed by atoms with E-state index in [1.54, 1.807) is 0 Å². The van der Waals surface area contributed by atoms with Crippen molar-refractivity contribution in [3.63, 3.8) is 0 Å². The smallest absolute Gasteiger partial charge is 0.223 e. The van der Waals surface area contributed by atoms with Crippen LogP contribution in [0.15, 0.2) is 30.5 Å². The van der Waals surface area contributed by atoms with Gasteiger partial charge in [0, 0.05) is 5.52 Å². The molecule has 0 atom stereocenters. The summed E-state index contributed by atoms with van der Waals surface area (Å²) in [5, 5.41) is 1.33. The highest BCUT2D eigenvalue weighted by Gasteiger charge is 1.95. The Labute approximate surface area is 67.1 Å². The van der Waals surface area contributed by atoms with E-state index in [0.29, 0.717) is 0 Å². The molecular weight excluding hydrogens is 133 g/mol. The quantitative estimate of drug-likeness (QED) is 0.490. The zero-order valence-electron chi connectivity index (χ0n) is 6.83. The van der Waals surface area contributed by atoms with Crippen LogP contribution in [-0.4, -0.2) is 12.5 Å². The van der Waals surface area contributed by atoms with E-state index in [4.69, 9.17) is 0 Å². The molecule has 1 aromatic carbocycles. The third-order valence-corrected chi connectivity index (χ3v) is 2.04. The molecule has 0 saturated heterocycles. The third kappa shape index (κ3) is 0.948. The molecule has 0 aliphatic carbocycles. The van der Waals surface area contributed by atoms with Crippen LogP contribution in [0.1, 0.15) is 5.56 Å². The Morgan fingerprint density at radius 3 is 2.91 bits per heavy atom. The van der Waals surface area contributed by atoms with Crippen LogP contribution < -0.4 is 0 Å². The Kier molecular flexibility index (Phi) is 1.28. The molecule has 2 heteroatoms. The lowest BCUT2D eigenvalue weighted by atomic mass is 10.2. The van der Waals surface area contributed by atoms with Gasteiger partial charge in [-0.3, -0.25) is 0 Å². The van der Waals surface area contributed by atoms with Crippen molar-refractivity contribution in [2.45, 2.75) is 6.92 Å². The summed E-state index contributed by atoms with van der Waals surface area (Å²) in [6.45, 7) is 2.12. The van der Waals surface area contributed by atoms with Crippen LogP contribution in [0.3, 0.4) is 0 Å². The van der Waals surface area contributed by atoms with E-state index in [-0.39, 0.29) is 0 Å². The van der Waals surface area contributed by atoms with Gasteiger partial charge in [0.25, 0.3) is 0 Å². The second kappa shape index (κ2) is 2.16. The number of hydrogen-bond donors (Lipinski definition) is 0. The zero-order chi connectivity index (χ0) is 7.84. The number of fused-ring (bicyclic) bond motifs is 1. The third-order valence-electron chi connectivity index (χ3n) is 2.04. The largest absolute Gasteiger partial charge is 0.399 e. The molecule has 0 fully saturated rings. The minimum absolute atomic E-state index is 1.30. The highest BCUT2D eigenvalue weighted by molar-refractivity contribution is 6.11. The molecular formula is C9H10BN. The topological polar surface area (TPSA) is 4.93 Å². The number of nitrogens with zero attached hydrogens (tertiary/aromatic N) is 1. The van der Waals surface area contributed by atoms with E-state index in [1.807, 2.05) is 0 Å². The maximum absolute atomic E-state index is 2.20. The van der Waals surface area contributed by atoms with Gasteiger partial charge in [0.15, 0.2) is 0 Å². The predicted molar refractivity (Wildman–Crippen MR) is 50.6 cm³/mol. The first-order valence-corrected chi connectivity index (χ1v) is 3.79. The Hall–Kier alpha value is -1.18. The molecule has 0 radical (unpaired) electrons. The lowest BCUT2D eigenvalue weighted by Gasteiger charge is -1.96. The molecule has 0 bridgehead atoms. The van der Waals surface area contributed by atoms with Crippen LogP contribution in [0.4, 0.5) is 0 Å². The standard InChI is InChI=1S/C9H10BN/c1-7-2-3-9-8(6-7)4-5-11(9)10/h2-6H,10H2,1H3. The van der Waals surface area contributed by atoms with Gasteiger partial charge in [0.05, 0.1) is 0 Å². The highest BCUT2D eigenvalue weighted by atomic mass is 14.8. The summed E-state index contributed by atoms with van der Waals surface area (Å²) in [6, 6.07) is 8.64. The van der Waals surface area contributed by atoms with Gasteiger partial charge in [0.1, 0.15) is 0 Å². The molecule has 1 aromatic heterocycles. The predicted octanol–water partition coefficient (Wildman–Crippen LogP) is 1.35. The lowest BCUT2D eigenvalue weighted by Crippen LogP contribution is -1.86. The number of hydrogen-bond acceptors (Lipinski definition) is 0. The van der Waals surface area contributed by atoms with Gasteiger partial charge in [-0.25, -0.2) is 0 Å². The molecule has 54 valence electrons. The molecule has 0 saturated carbocycles. The second-order valence-corrected chi connectivity index (χ2v) is 2.99. The van der Waals surface area contributed by atoms with E-state index in [0.717, 1.165) is 0 Å². The Balaban J connectivity index is 2.86. The summed E-state index contributed by atoms with van der Waals surface area (Å²) in [5.74, 6) is 0. The van der Waals surface area contributed by atoms with Crippen LogP contribution in [0, 0.1) is 6.92 Å². The van der Waals surface area contributed by atoms with Crippen molar-refractivity contribution in [1.82, 2.24) is 4.48 Å². The summed E-state index contributed by atoms with van der Waals surface area (Å²) < 4.78 is 2.13. The van der Waals surface area contributed by atoms with E-state index in [1.165, 1.54) is 16.5 Å². The first kappa shape index (κ1) is 6.53. The van der Waals surface area contributed by atoms with Crippen molar-refractivity contribution in [2.75, 3.05) is 0 Å². The summed E-state index contributed by atoms with van der Waals surface area (Å²) in [4.78, 5) is 0. The van der Waals surface area contributed by atoms with Gasteiger partial charge < -0.3 is 4.48 Å².